The van der Waals surface area contributed by atoms with E-state index in [4.69, 9.17) is 4.74 Å². The van der Waals surface area contributed by atoms with Crippen LogP contribution in [-0.2, 0) is 4.74 Å². The molecule has 2 N–H and O–H groups in total. The van der Waals surface area contributed by atoms with E-state index in [0.717, 1.165) is 6.54 Å². The van der Waals surface area contributed by atoms with Gasteiger partial charge in [-0.15, -0.1) is 0 Å². The van der Waals surface area contributed by atoms with Gasteiger partial charge in [-0.25, -0.2) is 0 Å². The lowest BCUT2D eigenvalue weighted by molar-refractivity contribution is 0.0150. The Morgan fingerprint density at radius 3 is 2.75 bits per heavy atom. The van der Waals surface area contributed by atoms with Gasteiger partial charge in [0.1, 0.15) is 0 Å². The summed E-state index contributed by atoms with van der Waals surface area (Å²) in [5.41, 5.74) is 0.440. The van der Waals surface area contributed by atoms with Crippen molar-refractivity contribution >= 4 is 0 Å². The summed E-state index contributed by atoms with van der Waals surface area (Å²) in [6.07, 6.45) is 5.54. The Morgan fingerprint density at radius 1 is 1.38 bits per heavy atom. The standard InChI is InChI=1S/C13H26N2O/c1-13(2)5-4-6-14-12(13)9-15-10-7-11(8-10)16-3/h10-12,14-15H,4-9H2,1-3H3. The van der Waals surface area contributed by atoms with Crippen LogP contribution in [0.15, 0.2) is 0 Å². The van der Waals surface area contributed by atoms with E-state index in [-0.39, 0.29) is 0 Å². The van der Waals surface area contributed by atoms with Crippen molar-refractivity contribution in [2.45, 2.75) is 57.7 Å². The molecule has 1 saturated carbocycles. The molecule has 1 aliphatic heterocycles. The SMILES string of the molecule is COC1CC(NCC2NCCCC2(C)C)C1. The monoisotopic (exact) mass is 226 g/mol. The van der Waals surface area contributed by atoms with Gasteiger partial charge in [0.25, 0.3) is 0 Å². The van der Waals surface area contributed by atoms with Crippen molar-refractivity contribution < 1.29 is 4.74 Å². The molecule has 2 aliphatic rings. The Morgan fingerprint density at radius 2 is 2.12 bits per heavy atom. The van der Waals surface area contributed by atoms with Crippen molar-refractivity contribution in [2.24, 2.45) is 5.41 Å². The molecule has 0 bridgehead atoms. The van der Waals surface area contributed by atoms with E-state index in [1.165, 1.54) is 32.2 Å². The maximum atomic E-state index is 5.29. The first-order valence-corrected chi connectivity index (χ1v) is 6.61. The molecule has 2 fully saturated rings. The van der Waals surface area contributed by atoms with E-state index in [1.807, 2.05) is 7.11 Å². The molecule has 0 aromatic rings. The third-order valence-electron chi connectivity index (χ3n) is 4.37. The molecular formula is C13H26N2O. The van der Waals surface area contributed by atoms with E-state index < -0.39 is 0 Å². The minimum Gasteiger partial charge on any atom is -0.381 e. The molecule has 1 aliphatic carbocycles. The van der Waals surface area contributed by atoms with Crippen LogP contribution in [0.2, 0.25) is 0 Å². The van der Waals surface area contributed by atoms with E-state index in [9.17, 15) is 0 Å². The third-order valence-corrected chi connectivity index (χ3v) is 4.37. The molecule has 1 heterocycles. The van der Waals surface area contributed by atoms with E-state index in [0.29, 0.717) is 23.6 Å². The fourth-order valence-corrected chi connectivity index (χ4v) is 2.83. The summed E-state index contributed by atoms with van der Waals surface area (Å²) in [7, 11) is 1.81. The van der Waals surface area contributed by atoms with Crippen molar-refractivity contribution in [1.29, 1.82) is 0 Å². The van der Waals surface area contributed by atoms with Crippen LogP contribution in [0.1, 0.15) is 39.5 Å². The van der Waals surface area contributed by atoms with Crippen LogP contribution in [0.25, 0.3) is 0 Å². The Kier molecular flexibility index (Phi) is 3.88. The van der Waals surface area contributed by atoms with Crippen molar-refractivity contribution in [3.63, 3.8) is 0 Å². The van der Waals surface area contributed by atoms with Crippen LogP contribution >= 0.6 is 0 Å². The number of hydrogen-bond acceptors (Lipinski definition) is 3. The minimum absolute atomic E-state index is 0.440. The van der Waals surface area contributed by atoms with Gasteiger partial charge >= 0.3 is 0 Å². The Balaban J connectivity index is 1.69. The molecule has 1 atom stereocenters. The summed E-state index contributed by atoms with van der Waals surface area (Å²) >= 11 is 0. The second-order valence-electron chi connectivity index (χ2n) is 6.03. The molecule has 94 valence electrons. The first kappa shape index (κ1) is 12.3. The van der Waals surface area contributed by atoms with Crippen molar-refractivity contribution in [1.82, 2.24) is 10.6 Å². The zero-order valence-corrected chi connectivity index (χ0v) is 10.9. The molecular weight excluding hydrogens is 200 g/mol. The molecule has 0 aromatic carbocycles. The summed E-state index contributed by atoms with van der Waals surface area (Å²) in [5, 5.41) is 7.31. The van der Waals surface area contributed by atoms with Crippen molar-refractivity contribution in [2.75, 3.05) is 20.2 Å². The lowest BCUT2D eigenvalue weighted by atomic mass is 9.77. The highest BCUT2D eigenvalue weighted by Gasteiger charge is 2.34. The smallest absolute Gasteiger partial charge is 0.0601 e. The topological polar surface area (TPSA) is 33.3 Å². The molecule has 0 amide bonds. The van der Waals surface area contributed by atoms with Gasteiger partial charge in [0.15, 0.2) is 0 Å². The Labute approximate surface area is 99.3 Å². The molecule has 3 heteroatoms. The molecule has 1 unspecified atom stereocenters. The number of ether oxygens (including phenoxy) is 1. The fraction of sp³-hybridized carbons (Fsp3) is 1.00. The number of nitrogens with one attached hydrogen (secondary N) is 2. The summed E-state index contributed by atoms with van der Waals surface area (Å²) < 4.78 is 5.29. The zero-order chi connectivity index (χ0) is 11.6. The van der Waals surface area contributed by atoms with Crippen LogP contribution in [0.5, 0.6) is 0 Å². The maximum absolute atomic E-state index is 5.29. The molecule has 1 saturated heterocycles. The summed E-state index contributed by atoms with van der Waals surface area (Å²) in [6, 6.07) is 1.31. The fourth-order valence-electron chi connectivity index (χ4n) is 2.83. The first-order valence-electron chi connectivity index (χ1n) is 6.61. The predicted octanol–water partition coefficient (Wildman–Crippen LogP) is 1.53. The van der Waals surface area contributed by atoms with E-state index in [1.54, 1.807) is 0 Å². The Bertz CT molecular complexity index is 224. The number of rotatable bonds is 4. The van der Waals surface area contributed by atoms with Crippen LogP contribution in [0.4, 0.5) is 0 Å². The second kappa shape index (κ2) is 5.03. The number of hydrogen-bond donors (Lipinski definition) is 2. The molecule has 0 spiro atoms. The highest BCUT2D eigenvalue weighted by atomic mass is 16.5. The first-order chi connectivity index (χ1) is 7.62. The number of methoxy groups -OCH3 is 1. The Hall–Kier alpha value is -0.120. The highest BCUT2D eigenvalue weighted by molar-refractivity contribution is 4.92. The van der Waals surface area contributed by atoms with Crippen LogP contribution in [0.3, 0.4) is 0 Å². The number of piperidine rings is 1. The van der Waals surface area contributed by atoms with Crippen LogP contribution < -0.4 is 10.6 Å². The third kappa shape index (κ3) is 2.76. The highest BCUT2D eigenvalue weighted by Crippen LogP contribution is 2.30. The van der Waals surface area contributed by atoms with Gasteiger partial charge in [-0.3, -0.25) is 0 Å². The average molecular weight is 226 g/mol. The average Bonchev–Trinajstić information content (AvgIpc) is 2.17. The lowest BCUT2D eigenvalue weighted by Crippen LogP contribution is -2.55. The van der Waals surface area contributed by atoms with Crippen LogP contribution in [0, 0.1) is 5.41 Å². The van der Waals surface area contributed by atoms with Crippen LogP contribution in [-0.4, -0.2) is 38.4 Å². The minimum atomic E-state index is 0.440. The largest absolute Gasteiger partial charge is 0.381 e. The van der Waals surface area contributed by atoms with E-state index >= 15 is 0 Å². The predicted molar refractivity (Wildman–Crippen MR) is 66.6 cm³/mol. The van der Waals surface area contributed by atoms with Gasteiger partial charge in [-0.1, -0.05) is 13.8 Å². The molecule has 0 aromatic heterocycles. The zero-order valence-electron chi connectivity index (χ0n) is 10.9. The van der Waals surface area contributed by atoms with Crippen molar-refractivity contribution in [3.05, 3.63) is 0 Å². The van der Waals surface area contributed by atoms with Gasteiger partial charge in [0, 0.05) is 25.7 Å². The maximum Gasteiger partial charge on any atom is 0.0601 e. The summed E-state index contributed by atoms with van der Waals surface area (Å²) in [6.45, 7) is 7.05. The second-order valence-corrected chi connectivity index (χ2v) is 6.03. The normalized spacial score (nSPS) is 38.1. The van der Waals surface area contributed by atoms with Gasteiger partial charge in [-0.05, 0) is 37.6 Å². The molecule has 0 radical (unpaired) electrons. The summed E-state index contributed by atoms with van der Waals surface area (Å²) in [5.74, 6) is 0. The van der Waals surface area contributed by atoms with Crippen molar-refractivity contribution in [3.8, 4) is 0 Å². The van der Waals surface area contributed by atoms with Gasteiger partial charge < -0.3 is 15.4 Å². The summed E-state index contributed by atoms with van der Waals surface area (Å²) in [4.78, 5) is 0. The van der Waals surface area contributed by atoms with E-state index in [2.05, 4.69) is 24.5 Å². The van der Waals surface area contributed by atoms with Gasteiger partial charge in [0.2, 0.25) is 0 Å². The lowest BCUT2D eigenvalue weighted by Gasteiger charge is -2.42. The van der Waals surface area contributed by atoms with Gasteiger partial charge in [-0.2, -0.15) is 0 Å². The molecule has 16 heavy (non-hydrogen) atoms. The quantitative estimate of drug-likeness (QED) is 0.763. The molecule has 3 nitrogen and oxygen atoms in total. The molecule has 2 rings (SSSR count). The van der Waals surface area contributed by atoms with Gasteiger partial charge in [0.05, 0.1) is 6.10 Å².